The van der Waals surface area contributed by atoms with Gasteiger partial charge >= 0.3 is 0 Å². The highest BCUT2D eigenvalue weighted by Crippen LogP contribution is 2.40. The maximum Gasteiger partial charge on any atom is 0.263 e. The van der Waals surface area contributed by atoms with Gasteiger partial charge in [-0.15, -0.1) is 0 Å². The first kappa shape index (κ1) is 18.8. The van der Waals surface area contributed by atoms with E-state index in [1.54, 1.807) is 6.20 Å². The number of hydrogen-bond acceptors (Lipinski definition) is 8. The first-order valence-corrected chi connectivity index (χ1v) is 11.9. The molecule has 2 fully saturated rings. The van der Waals surface area contributed by atoms with E-state index in [1.165, 1.54) is 11.8 Å². The molecule has 1 amide bonds. The number of carbonyl (C=O) groups is 1. The average molecular weight is 435 g/mol. The molecule has 4 heterocycles. The fourth-order valence-electron chi connectivity index (χ4n) is 4.45. The van der Waals surface area contributed by atoms with E-state index < -0.39 is 0 Å². The van der Waals surface area contributed by atoms with E-state index in [-0.39, 0.29) is 11.9 Å². The maximum absolute atomic E-state index is 13.6. The van der Waals surface area contributed by atoms with Gasteiger partial charge in [-0.2, -0.15) is 4.98 Å². The third kappa shape index (κ3) is 3.27. The molecule has 6 rings (SSSR count). The first-order chi connectivity index (χ1) is 15.2. The Labute approximate surface area is 184 Å². The molecule has 0 spiro atoms. The summed E-state index contributed by atoms with van der Waals surface area (Å²) in [6.45, 7) is 1.53. The molecule has 2 aliphatic heterocycles. The molecule has 3 aliphatic rings. The summed E-state index contributed by atoms with van der Waals surface area (Å²) in [5, 5.41) is 4.85. The number of amides is 1. The van der Waals surface area contributed by atoms with E-state index in [0.717, 1.165) is 49.3 Å². The van der Waals surface area contributed by atoms with E-state index in [1.807, 2.05) is 35.4 Å². The van der Waals surface area contributed by atoms with Gasteiger partial charge in [0.2, 0.25) is 11.7 Å². The van der Waals surface area contributed by atoms with Gasteiger partial charge in [-0.1, -0.05) is 29.1 Å². The second-order valence-corrected chi connectivity index (χ2v) is 9.05. The molecule has 0 N–H and O–H groups in total. The van der Waals surface area contributed by atoms with Crippen LogP contribution < -0.4 is 9.80 Å². The van der Waals surface area contributed by atoms with Gasteiger partial charge in [-0.3, -0.25) is 4.79 Å². The van der Waals surface area contributed by atoms with Gasteiger partial charge in [0.25, 0.3) is 5.91 Å². The zero-order chi connectivity index (χ0) is 20.9. The van der Waals surface area contributed by atoms with Crippen molar-refractivity contribution in [3.8, 4) is 11.4 Å². The molecule has 8 nitrogen and oxygen atoms in total. The summed E-state index contributed by atoms with van der Waals surface area (Å²) in [5.41, 5.74) is 2.24. The third-order valence-corrected chi connectivity index (χ3v) is 6.79. The quantitative estimate of drug-likeness (QED) is 0.453. The lowest BCUT2D eigenvalue weighted by Crippen LogP contribution is -2.39. The summed E-state index contributed by atoms with van der Waals surface area (Å²) in [7, 11) is 0. The van der Waals surface area contributed by atoms with Crippen LogP contribution in [0.4, 0.5) is 11.5 Å². The van der Waals surface area contributed by atoms with Crippen molar-refractivity contribution in [1.29, 1.82) is 0 Å². The number of fused-ring (bicyclic) bond motifs is 3. The summed E-state index contributed by atoms with van der Waals surface area (Å²) in [5.74, 6) is 2.39. The van der Waals surface area contributed by atoms with Crippen LogP contribution in [-0.4, -0.2) is 51.4 Å². The lowest BCUT2D eigenvalue weighted by atomic mass is 10.1. The minimum atomic E-state index is -0.0685. The Kier molecular flexibility index (Phi) is 4.45. The maximum atomic E-state index is 13.6. The van der Waals surface area contributed by atoms with Crippen molar-refractivity contribution in [3.05, 3.63) is 41.9 Å². The molecule has 1 saturated carbocycles. The molecule has 3 aromatic rings. The van der Waals surface area contributed by atoms with Gasteiger partial charge in [-0.05, 0) is 44.1 Å². The minimum absolute atomic E-state index is 0.0685. The number of anilines is 2. The van der Waals surface area contributed by atoms with Crippen LogP contribution in [0.5, 0.6) is 0 Å². The highest BCUT2D eigenvalue weighted by atomic mass is 32.2. The van der Waals surface area contributed by atoms with Gasteiger partial charge in [0.05, 0.1) is 0 Å². The molecule has 1 unspecified atom stereocenters. The van der Waals surface area contributed by atoms with E-state index in [9.17, 15) is 4.79 Å². The lowest BCUT2D eigenvalue weighted by Gasteiger charge is -2.27. The predicted octanol–water partition coefficient (Wildman–Crippen LogP) is 3.76. The standard InChI is InChI=1S/C22H22N6O2S/c1-31-22-23-11-17-19(25-22)27-9-3-6-16(27)12-28(21(17)29)15-5-2-4-14(10-15)18-24-20(30-26-18)13-7-8-13/h2,4-5,10-11,13,16H,3,6-9,12H2,1H3. The molecule has 158 valence electrons. The molecule has 1 aliphatic carbocycles. The number of carbonyl (C=O) groups excluding carboxylic acids is 1. The van der Waals surface area contributed by atoms with Crippen molar-refractivity contribution in [2.75, 3.05) is 29.1 Å². The minimum Gasteiger partial charge on any atom is -0.351 e. The summed E-state index contributed by atoms with van der Waals surface area (Å²) in [4.78, 5) is 31.4. The van der Waals surface area contributed by atoms with E-state index >= 15 is 0 Å². The Bertz CT molecular complexity index is 1160. The van der Waals surface area contributed by atoms with Crippen molar-refractivity contribution >= 4 is 29.2 Å². The Balaban J connectivity index is 1.39. The Morgan fingerprint density at radius 3 is 2.94 bits per heavy atom. The monoisotopic (exact) mass is 434 g/mol. The lowest BCUT2D eigenvalue weighted by molar-refractivity contribution is 0.0988. The van der Waals surface area contributed by atoms with E-state index in [2.05, 4.69) is 20.0 Å². The zero-order valence-electron chi connectivity index (χ0n) is 17.2. The van der Waals surface area contributed by atoms with Crippen LogP contribution in [0, 0.1) is 0 Å². The van der Waals surface area contributed by atoms with Gasteiger partial charge in [0.15, 0.2) is 5.16 Å². The van der Waals surface area contributed by atoms with Crippen molar-refractivity contribution in [3.63, 3.8) is 0 Å². The molecule has 31 heavy (non-hydrogen) atoms. The van der Waals surface area contributed by atoms with Gasteiger partial charge < -0.3 is 14.3 Å². The number of aromatic nitrogens is 4. The van der Waals surface area contributed by atoms with Crippen molar-refractivity contribution in [2.24, 2.45) is 0 Å². The van der Waals surface area contributed by atoms with Gasteiger partial charge in [-0.25, -0.2) is 9.97 Å². The SMILES string of the molecule is CSc1ncc2c(n1)N1CCCC1CN(c1cccc(-c3noc(C4CC4)n3)c1)C2=O. The predicted molar refractivity (Wildman–Crippen MR) is 118 cm³/mol. The first-order valence-electron chi connectivity index (χ1n) is 10.6. The molecule has 1 aromatic carbocycles. The highest BCUT2D eigenvalue weighted by Gasteiger charge is 2.37. The van der Waals surface area contributed by atoms with Gasteiger partial charge in [0, 0.05) is 42.5 Å². The van der Waals surface area contributed by atoms with Crippen LogP contribution >= 0.6 is 11.8 Å². The molecule has 1 atom stereocenters. The highest BCUT2D eigenvalue weighted by molar-refractivity contribution is 7.98. The molecule has 1 saturated heterocycles. The number of benzene rings is 1. The van der Waals surface area contributed by atoms with Crippen LogP contribution in [0.3, 0.4) is 0 Å². The average Bonchev–Trinajstić information content (AvgIpc) is 3.38. The smallest absolute Gasteiger partial charge is 0.263 e. The second-order valence-electron chi connectivity index (χ2n) is 8.28. The van der Waals surface area contributed by atoms with Crippen LogP contribution in [0.1, 0.15) is 47.8 Å². The van der Waals surface area contributed by atoms with Crippen LogP contribution in [0.15, 0.2) is 40.1 Å². The van der Waals surface area contributed by atoms with Gasteiger partial charge in [0.1, 0.15) is 11.4 Å². The Morgan fingerprint density at radius 1 is 1.19 bits per heavy atom. The molecule has 0 radical (unpaired) electrons. The molecular weight excluding hydrogens is 412 g/mol. The summed E-state index contributed by atoms with van der Waals surface area (Å²) < 4.78 is 5.43. The van der Waals surface area contributed by atoms with Crippen LogP contribution in [0.2, 0.25) is 0 Å². The summed E-state index contributed by atoms with van der Waals surface area (Å²) in [6.07, 6.45) is 7.99. The third-order valence-electron chi connectivity index (χ3n) is 6.23. The number of nitrogens with zero attached hydrogens (tertiary/aromatic N) is 6. The zero-order valence-corrected chi connectivity index (χ0v) is 18.0. The molecule has 2 aromatic heterocycles. The van der Waals surface area contributed by atoms with E-state index in [0.29, 0.717) is 34.9 Å². The largest absolute Gasteiger partial charge is 0.351 e. The van der Waals surface area contributed by atoms with Crippen molar-refractivity contribution in [2.45, 2.75) is 42.8 Å². The molecule has 0 bridgehead atoms. The number of rotatable bonds is 4. The Hall–Kier alpha value is -2.94. The number of thioether (sulfide) groups is 1. The van der Waals surface area contributed by atoms with Crippen LogP contribution in [-0.2, 0) is 0 Å². The van der Waals surface area contributed by atoms with Crippen LogP contribution in [0.25, 0.3) is 11.4 Å². The summed E-state index contributed by atoms with van der Waals surface area (Å²) in [6, 6.07) is 8.07. The molecule has 9 heteroatoms. The number of hydrogen-bond donors (Lipinski definition) is 0. The second kappa shape index (κ2) is 7.33. The molecular formula is C22H22N6O2S. The fraction of sp³-hybridized carbons (Fsp3) is 0.409. The fourth-order valence-corrected chi connectivity index (χ4v) is 4.79. The topological polar surface area (TPSA) is 88.2 Å². The van der Waals surface area contributed by atoms with Crippen molar-refractivity contribution < 1.29 is 9.32 Å². The Morgan fingerprint density at radius 2 is 2.10 bits per heavy atom. The van der Waals surface area contributed by atoms with E-state index in [4.69, 9.17) is 9.51 Å². The summed E-state index contributed by atoms with van der Waals surface area (Å²) >= 11 is 1.49. The normalized spacial score (nSPS) is 20.5. The van der Waals surface area contributed by atoms with Crippen molar-refractivity contribution in [1.82, 2.24) is 20.1 Å².